The van der Waals surface area contributed by atoms with Crippen molar-refractivity contribution in [1.82, 2.24) is 5.32 Å². The molecule has 0 heterocycles. The Bertz CT molecular complexity index is 376. The van der Waals surface area contributed by atoms with E-state index in [-0.39, 0.29) is 0 Å². The van der Waals surface area contributed by atoms with Gasteiger partial charge in [-0.15, -0.1) is 0 Å². The van der Waals surface area contributed by atoms with E-state index in [1.165, 1.54) is 0 Å². The number of ether oxygens (including phenoxy) is 2. The van der Waals surface area contributed by atoms with Gasteiger partial charge in [0.1, 0.15) is 12.4 Å². The van der Waals surface area contributed by atoms with E-state index in [1.54, 1.807) is 0 Å². The number of benzene rings is 1. The second-order valence-electron chi connectivity index (χ2n) is 4.30. The van der Waals surface area contributed by atoms with Crippen LogP contribution in [0, 0.1) is 0 Å². The fourth-order valence-electron chi connectivity index (χ4n) is 1.43. The van der Waals surface area contributed by atoms with E-state index in [2.05, 4.69) is 35.1 Å². The molecule has 1 unspecified atom stereocenters. The second kappa shape index (κ2) is 9.59. The molecule has 0 aliphatic rings. The molecule has 1 aromatic rings. The van der Waals surface area contributed by atoms with Gasteiger partial charge < -0.3 is 14.8 Å². The molecule has 1 N–H and O–H groups in total. The first-order valence-corrected chi connectivity index (χ1v) is 7.69. The van der Waals surface area contributed by atoms with Gasteiger partial charge in [0, 0.05) is 17.1 Å². The number of hydrogen-bond donors (Lipinski definition) is 1. The Morgan fingerprint density at radius 3 is 2.79 bits per heavy atom. The Kier molecular flexibility index (Phi) is 8.46. The van der Waals surface area contributed by atoms with E-state index in [0.717, 1.165) is 17.4 Å². The van der Waals surface area contributed by atoms with Crippen LogP contribution in [0.4, 0.5) is 0 Å². The molecular formula is C14H21BrClNO2. The van der Waals surface area contributed by atoms with Gasteiger partial charge in [-0.05, 0) is 31.5 Å². The van der Waals surface area contributed by atoms with Crippen LogP contribution >= 0.6 is 27.5 Å². The first-order valence-electron chi connectivity index (χ1n) is 6.52. The van der Waals surface area contributed by atoms with E-state index in [0.29, 0.717) is 36.6 Å². The fourth-order valence-corrected chi connectivity index (χ4v) is 2.15. The molecule has 0 spiro atoms. The molecule has 5 heteroatoms. The van der Waals surface area contributed by atoms with Gasteiger partial charge in [-0.1, -0.05) is 34.5 Å². The van der Waals surface area contributed by atoms with Crippen molar-refractivity contribution in [3.05, 3.63) is 27.7 Å². The molecule has 0 aliphatic carbocycles. The summed E-state index contributed by atoms with van der Waals surface area (Å²) >= 11 is 9.39. The van der Waals surface area contributed by atoms with E-state index in [4.69, 9.17) is 21.1 Å². The number of rotatable bonds is 9. The van der Waals surface area contributed by atoms with Crippen LogP contribution in [0.5, 0.6) is 5.75 Å². The highest BCUT2D eigenvalue weighted by Gasteiger charge is 2.02. The van der Waals surface area contributed by atoms with E-state index in [9.17, 15) is 0 Å². The van der Waals surface area contributed by atoms with Gasteiger partial charge in [0.2, 0.25) is 0 Å². The summed E-state index contributed by atoms with van der Waals surface area (Å²) in [6, 6.07) is 6.10. The van der Waals surface area contributed by atoms with Crippen molar-refractivity contribution in [3.8, 4) is 5.75 Å². The standard InChI is InChI=1S/C14H21BrClNO2/c1-3-11(2)17-6-7-18-8-9-19-14-5-4-12(15)10-13(14)16/h4-5,10-11,17H,3,6-9H2,1-2H3. The van der Waals surface area contributed by atoms with Gasteiger partial charge in [0.25, 0.3) is 0 Å². The highest BCUT2D eigenvalue weighted by Crippen LogP contribution is 2.27. The smallest absolute Gasteiger partial charge is 0.138 e. The predicted molar refractivity (Wildman–Crippen MR) is 83.2 cm³/mol. The molecule has 0 saturated heterocycles. The maximum Gasteiger partial charge on any atom is 0.138 e. The third-order valence-electron chi connectivity index (χ3n) is 2.73. The lowest BCUT2D eigenvalue weighted by Gasteiger charge is -2.12. The van der Waals surface area contributed by atoms with E-state index < -0.39 is 0 Å². The van der Waals surface area contributed by atoms with Crippen molar-refractivity contribution < 1.29 is 9.47 Å². The Balaban J connectivity index is 2.07. The highest BCUT2D eigenvalue weighted by molar-refractivity contribution is 9.10. The summed E-state index contributed by atoms with van der Waals surface area (Å²) in [6.45, 7) is 6.96. The van der Waals surface area contributed by atoms with Crippen molar-refractivity contribution in [2.45, 2.75) is 26.3 Å². The van der Waals surface area contributed by atoms with Gasteiger partial charge >= 0.3 is 0 Å². The number of halogens is 2. The molecule has 0 aromatic heterocycles. The van der Waals surface area contributed by atoms with Crippen LogP contribution in [0.2, 0.25) is 5.02 Å². The zero-order chi connectivity index (χ0) is 14.1. The molecule has 1 aromatic carbocycles. The molecule has 0 aliphatic heterocycles. The molecule has 0 amide bonds. The van der Waals surface area contributed by atoms with E-state index >= 15 is 0 Å². The van der Waals surface area contributed by atoms with E-state index in [1.807, 2.05) is 18.2 Å². The normalized spacial score (nSPS) is 12.4. The Labute approximate surface area is 128 Å². The molecule has 3 nitrogen and oxygen atoms in total. The molecule has 108 valence electrons. The van der Waals surface area contributed by atoms with Crippen LogP contribution < -0.4 is 10.1 Å². The predicted octanol–water partition coefficient (Wildman–Crippen LogP) is 3.89. The Morgan fingerprint density at radius 2 is 2.11 bits per heavy atom. The maximum absolute atomic E-state index is 6.04. The lowest BCUT2D eigenvalue weighted by Crippen LogP contribution is -2.29. The van der Waals surface area contributed by atoms with Crippen LogP contribution in [-0.2, 0) is 4.74 Å². The minimum Gasteiger partial charge on any atom is -0.490 e. The molecule has 0 saturated carbocycles. The zero-order valence-corrected chi connectivity index (χ0v) is 13.8. The monoisotopic (exact) mass is 349 g/mol. The van der Waals surface area contributed by atoms with Gasteiger partial charge in [0.15, 0.2) is 0 Å². The summed E-state index contributed by atoms with van der Waals surface area (Å²) in [7, 11) is 0. The lowest BCUT2D eigenvalue weighted by atomic mass is 10.3. The number of hydrogen-bond acceptors (Lipinski definition) is 3. The largest absolute Gasteiger partial charge is 0.490 e. The van der Waals surface area contributed by atoms with Crippen molar-refractivity contribution >= 4 is 27.5 Å². The summed E-state index contributed by atoms with van der Waals surface area (Å²) in [6.07, 6.45) is 1.13. The summed E-state index contributed by atoms with van der Waals surface area (Å²) in [4.78, 5) is 0. The average Bonchev–Trinajstić information content (AvgIpc) is 2.39. The molecule has 0 bridgehead atoms. The quantitative estimate of drug-likeness (QED) is 0.685. The average molecular weight is 351 g/mol. The molecule has 0 fully saturated rings. The van der Waals surface area contributed by atoms with Crippen molar-refractivity contribution in [3.63, 3.8) is 0 Å². The van der Waals surface area contributed by atoms with Gasteiger partial charge in [-0.2, -0.15) is 0 Å². The molecule has 1 atom stereocenters. The third kappa shape index (κ3) is 7.16. The Hall–Kier alpha value is -0.290. The summed E-state index contributed by atoms with van der Waals surface area (Å²) in [5.41, 5.74) is 0. The van der Waals surface area contributed by atoms with Crippen LogP contribution in [0.15, 0.2) is 22.7 Å². The molecular weight excluding hydrogens is 330 g/mol. The van der Waals surface area contributed by atoms with Crippen molar-refractivity contribution in [1.29, 1.82) is 0 Å². The Morgan fingerprint density at radius 1 is 1.32 bits per heavy atom. The minimum absolute atomic E-state index is 0.505. The third-order valence-corrected chi connectivity index (χ3v) is 3.52. The van der Waals surface area contributed by atoms with Crippen LogP contribution in [-0.4, -0.2) is 32.4 Å². The highest BCUT2D eigenvalue weighted by atomic mass is 79.9. The van der Waals surface area contributed by atoms with Crippen molar-refractivity contribution in [2.75, 3.05) is 26.4 Å². The summed E-state index contributed by atoms with van der Waals surface area (Å²) < 4.78 is 12.0. The van der Waals surface area contributed by atoms with Gasteiger partial charge in [-0.25, -0.2) is 0 Å². The minimum atomic E-state index is 0.505. The summed E-state index contributed by atoms with van der Waals surface area (Å²) in [5, 5.41) is 3.97. The fraction of sp³-hybridized carbons (Fsp3) is 0.571. The summed E-state index contributed by atoms with van der Waals surface area (Å²) in [5.74, 6) is 0.686. The van der Waals surface area contributed by atoms with Crippen LogP contribution in [0.25, 0.3) is 0 Å². The zero-order valence-electron chi connectivity index (χ0n) is 11.4. The number of nitrogens with one attached hydrogen (secondary N) is 1. The van der Waals surface area contributed by atoms with Gasteiger partial charge in [-0.3, -0.25) is 0 Å². The van der Waals surface area contributed by atoms with Crippen molar-refractivity contribution in [2.24, 2.45) is 0 Å². The van der Waals surface area contributed by atoms with Gasteiger partial charge in [0.05, 0.1) is 18.2 Å². The van der Waals surface area contributed by atoms with Crippen LogP contribution in [0.1, 0.15) is 20.3 Å². The second-order valence-corrected chi connectivity index (χ2v) is 5.62. The lowest BCUT2D eigenvalue weighted by molar-refractivity contribution is 0.100. The van der Waals surface area contributed by atoms with Crippen LogP contribution in [0.3, 0.4) is 0 Å². The maximum atomic E-state index is 6.04. The molecule has 0 radical (unpaired) electrons. The first kappa shape index (κ1) is 16.8. The molecule has 1 rings (SSSR count). The SMILES string of the molecule is CCC(C)NCCOCCOc1ccc(Br)cc1Cl. The topological polar surface area (TPSA) is 30.5 Å². The first-order chi connectivity index (χ1) is 9.13. The molecule has 19 heavy (non-hydrogen) atoms.